The Balaban J connectivity index is 1.76. The fourth-order valence-corrected chi connectivity index (χ4v) is 3.82. The largest absolute Gasteiger partial charge is 0.365 e. The number of hydrogen-bond donors (Lipinski definition) is 1. The number of imidazole rings is 1. The van der Waals surface area contributed by atoms with E-state index in [0.29, 0.717) is 0 Å². The molecule has 0 fully saturated rings. The standard InChI is InChI=1S/C19H17N5S2/c1-19(2,3)23-18-17(22-15-12-20-8-10-24(15)18)14-6-4-13(26-14)5-7-16-21-9-11-25-16/h4,6,8-12,23H,1-3H3. The van der Waals surface area contributed by atoms with Gasteiger partial charge in [0, 0.05) is 29.5 Å². The highest BCUT2D eigenvalue weighted by Gasteiger charge is 2.20. The molecule has 4 heterocycles. The molecule has 26 heavy (non-hydrogen) atoms. The van der Waals surface area contributed by atoms with Gasteiger partial charge in [0.25, 0.3) is 0 Å². The van der Waals surface area contributed by atoms with Crippen molar-refractivity contribution in [2.45, 2.75) is 26.3 Å². The van der Waals surface area contributed by atoms with E-state index >= 15 is 0 Å². The van der Waals surface area contributed by atoms with Crippen molar-refractivity contribution in [3.05, 3.63) is 52.2 Å². The highest BCUT2D eigenvalue weighted by atomic mass is 32.1. The van der Waals surface area contributed by atoms with E-state index in [1.165, 1.54) is 0 Å². The van der Waals surface area contributed by atoms with Crippen LogP contribution in [0.1, 0.15) is 30.7 Å². The highest BCUT2D eigenvalue weighted by molar-refractivity contribution is 7.16. The lowest BCUT2D eigenvalue weighted by Gasteiger charge is -2.22. The molecular formula is C19H17N5S2. The third-order valence-corrected chi connectivity index (χ3v) is 5.18. The Hall–Kier alpha value is -2.69. The summed E-state index contributed by atoms with van der Waals surface area (Å²) in [5, 5.41) is 6.33. The Kier molecular flexibility index (Phi) is 4.23. The van der Waals surface area contributed by atoms with E-state index in [-0.39, 0.29) is 5.54 Å². The summed E-state index contributed by atoms with van der Waals surface area (Å²) >= 11 is 3.17. The molecule has 130 valence electrons. The second-order valence-electron chi connectivity index (χ2n) is 6.74. The van der Waals surface area contributed by atoms with E-state index in [0.717, 1.165) is 31.9 Å². The molecule has 0 radical (unpaired) electrons. The molecule has 0 unspecified atom stereocenters. The molecule has 4 aromatic rings. The van der Waals surface area contributed by atoms with Crippen molar-refractivity contribution >= 4 is 34.1 Å². The number of rotatable bonds is 2. The van der Waals surface area contributed by atoms with Crippen molar-refractivity contribution in [2.24, 2.45) is 0 Å². The minimum absolute atomic E-state index is 0.0846. The first kappa shape index (κ1) is 16.8. The van der Waals surface area contributed by atoms with E-state index in [1.807, 2.05) is 22.0 Å². The number of hydrogen-bond acceptors (Lipinski definition) is 6. The maximum absolute atomic E-state index is 4.78. The first-order chi connectivity index (χ1) is 12.5. The molecule has 0 atom stereocenters. The van der Waals surface area contributed by atoms with Crippen LogP contribution >= 0.6 is 22.7 Å². The number of nitrogens with zero attached hydrogens (tertiary/aromatic N) is 4. The molecule has 1 N–H and O–H groups in total. The zero-order valence-electron chi connectivity index (χ0n) is 14.6. The fraction of sp³-hybridized carbons (Fsp3) is 0.211. The summed E-state index contributed by atoms with van der Waals surface area (Å²) in [6.07, 6.45) is 7.24. The van der Waals surface area contributed by atoms with Crippen LogP contribution in [0.5, 0.6) is 0 Å². The first-order valence-electron chi connectivity index (χ1n) is 8.11. The first-order valence-corrected chi connectivity index (χ1v) is 9.81. The quantitative estimate of drug-likeness (QED) is 0.520. The minimum atomic E-state index is -0.0846. The second kappa shape index (κ2) is 6.56. The van der Waals surface area contributed by atoms with Gasteiger partial charge in [-0.15, -0.1) is 22.7 Å². The Labute approximate surface area is 159 Å². The molecular weight excluding hydrogens is 362 g/mol. The van der Waals surface area contributed by atoms with E-state index < -0.39 is 0 Å². The summed E-state index contributed by atoms with van der Waals surface area (Å²) in [4.78, 5) is 15.2. The summed E-state index contributed by atoms with van der Waals surface area (Å²) in [5.74, 6) is 7.26. The zero-order valence-corrected chi connectivity index (χ0v) is 16.3. The van der Waals surface area contributed by atoms with E-state index in [2.05, 4.69) is 54.0 Å². The molecule has 0 saturated carbocycles. The molecule has 0 saturated heterocycles. The third-order valence-electron chi connectivity index (χ3n) is 3.49. The van der Waals surface area contributed by atoms with Gasteiger partial charge in [0.1, 0.15) is 11.5 Å². The van der Waals surface area contributed by atoms with Crippen LogP contribution in [0.3, 0.4) is 0 Å². The molecule has 4 aromatic heterocycles. The van der Waals surface area contributed by atoms with Crippen molar-refractivity contribution in [1.29, 1.82) is 0 Å². The summed E-state index contributed by atoms with van der Waals surface area (Å²) < 4.78 is 2.04. The van der Waals surface area contributed by atoms with E-state index in [1.54, 1.807) is 41.3 Å². The highest BCUT2D eigenvalue weighted by Crippen LogP contribution is 2.34. The van der Waals surface area contributed by atoms with Gasteiger partial charge in [-0.05, 0) is 44.7 Å². The lowest BCUT2D eigenvalue weighted by molar-refractivity contribution is 0.629. The van der Waals surface area contributed by atoms with Gasteiger partial charge in [-0.2, -0.15) is 0 Å². The number of aromatic nitrogens is 4. The molecule has 7 heteroatoms. The number of nitrogens with one attached hydrogen (secondary N) is 1. The molecule has 4 rings (SSSR count). The van der Waals surface area contributed by atoms with Crippen molar-refractivity contribution < 1.29 is 0 Å². The number of thiazole rings is 1. The van der Waals surface area contributed by atoms with Gasteiger partial charge in [0.05, 0.1) is 16.0 Å². The van der Waals surface area contributed by atoms with Crippen LogP contribution in [-0.2, 0) is 0 Å². The predicted octanol–water partition coefficient (Wildman–Crippen LogP) is 4.52. The smallest absolute Gasteiger partial charge is 0.167 e. The van der Waals surface area contributed by atoms with Crippen LogP contribution < -0.4 is 5.32 Å². The summed E-state index contributed by atoms with van der Waals surface area (Å²) in [5.41, 5.74) is 1.65. The van der Waals surface area contributed by atoms with Crippen LogP contribution in [0.4, 0.5) is 5.82 Å². The van der Waals surface area contributed by atoms with Gasteiger partial charge in [-0.1, -0.05) is 0 Å². The van der Waals surface area contributed by atoms with Gasteiger partial charge in [-0.25, -0.2) is 9.97 Å². The van der Waals surface area contributed by atoms with Crippen molar-refractivity contribution in [1.82, 2.24) is 19.4 Å². The zero-order chi connectivity index (χ0) is 18.1. The predicted molar refractivity (Wildman–Crippen MR) is 108 cm³/mol. The Morgan fingerprint density at radius 3 is 2.81 bits per heavy atom. The van der Waals surface area contributed by atoms with Gasteiger partial charge in [-0.3, -0.25) is 9.38 Å². The van der Waals surface area contributed by atoms with E-state index in [9.17, 15) is 0 Å². The number of thiophene rings is 1. The molecule has 0 spiro atoms. The summed E-state index contributed by atoms with van der Waals surface area (Å²) in [6.45, 7) is 6.41. The van der Waals surface area contributed by atoms with Gasteiger partial charge in [0.2, 0.25) is 0 Å². The van der Waals surface area contributed by atoms with Gasteiger partial charge >= 0.3 is 0 Å². The maximum Gasteiger partial charge on any atom is 0.167 e. The molecule has 0 aliphatic rings. The monoisotopic (exact) mass is 379 g/mol. The average molecular weight is 380 g/mol. The van der Waals surface area contributed by atoms with Crippen LogP contribution in [0.25, 0.3) is 16.2 Å². The minimum Gasteiger partial charge on any atom is -0.365 e. The maximum atomic E-state index is 4.78. The Bertz CT molecular complexity index is 1100. The molecule has 0 amide bonds. The fourth-order valence-electron chi connectivity index (χ4n) is 2.49. The van der Waals surface area contributed by atoms with Crippen molar-refractivity contribution in [3.63, 3.8) is 0 Å². The third kappa shape index (κ3) is 3.47. The van der Waals surface area contributed by atoms with Crippen molar-refractivity contribution in [2.75, 3.05) is 5.32 Å². The Morgan fingerprint density at radius 1 is 1.15 bits per heavy atom. The van der Waals surface area contributed by atoms with Crippen LogP contribution in [0.15, 0.2) is 42.3 Å². The van der Waals surface area contributed by atoms with Crippen LogP contribution in [0.2, 0.25) is 0 Å². The van der Waals surface area contributed by atoms with Crippen LogP contribution in [0, 0.1) is 11.8 Å². The molecule has 5 nitrogen and oxygen atoms in total. The lowest BCUT2D eigenvalue weighted by atomic mass is 10.1. The SMILES string of the molecule is CC(C)(C)Nc1c(-c2ccc(C#Cc3nccs3)s2)nc2cnccn12. The normalized spacial score (nSPS) is 11.3. The number of fused-ring (bicyclic) bond motifs is 1. The van der Waals surface area contributed by atoms with Crippen molar-refractivity contribution in [3.8, 4) is 22.4 Å². The molecule has 0 aliphatic heterocycles. The van der Waals surface area contributed by atoms with E-state index in [4.69, 9.17) is 4.98 Å². The number of anilines is 1. The van der Waals surface area contributed by atoms with Crippen LogP contribution in [-0.4, -0.2) is 24.9 Å². The molecule has 0 aliphatic carbocycles. The summed E-state index contributed by atoms with van der Waals surface area (Å²) in [6, 6.07) is 4.10. The van der Waals surface area contributed by atoms with Gasteiger partial charge in [0.15, 0.2) is 10.7 Å². The average Bonchev–Trinajstić information content (AvgIpc) is 3.32. The Morgan fingerprint density at radius 2 is 2.04 bits per heavy atom. The lowest BCUT2D eigenvalue weighted by Crippen LogP contribution is -2.27. The van der Waals surface area contributed by atoms with Gasteiger partial charge < -0.3 is 5.32 Å². The molecule has 0 aromatic carbocycles. The molecule has 0 bridgehead atoms. The second-order valence-corrected chi connectivity index (χ2v) is 8.72. The topological polar surface area (TPSA) is 55.1 Å². The summed E-state index contributed by atoms with van der Waals surface area (Å²) in [7, 11) is 0.